The maximum Gasteiger partial charge on any atom is 0.263 e. The van der Waals surface area contributed by atoms with Crippen molar-refractivity contribution in [3.63, 3.8) is 0 Å². The van der Waals surface area contributed by atoms with Crippen molar-refractivity contribution in [2.75, 3.05) is 11.8 Å². The van der Waals surface area contributed by atoms with E-state index in [2.05, 4.69) is 19.7 Å². The molecule has 2 heterocycles. The number of aromatic nitrogens is 3. The zero-order valence-corrected chi connectivity index (χ0v) is 18.7. The molecule has 0 spiro atoms. The summed E-state index contributed by atoms with van der Waals surface area (Å²) in [5, 5.41) is -0.169. The van der Waals surface area contributed by atoms with Gasteiger partial charge in [-0.05, 0) is 30.3 Å². The Labute approximate surface area is 194 Å². The summed E-state index contributed by atoms with van der Waals surface area (Å²) >= 11 is 6.41. The Bertz CT molecular complexity index is 1460. The first-order valence-corrected chi connectivity index (χ1v) is 11.4. The highest BCUT2D eigenvalue weighted by Gasteiger charge is 2.23. The van der Waals surface area contributed by atoms with E-state index in [9.17, 15) is 13.2 Å². The second kappa shape index (κ2) is 9.31. The number of sulfonamides is 1. The van der Waals surface area contributed by atoms with E-state index in [1.807, 2.05) is 0 Å². The van der Waals surface area contributed by atoms with Crippen LogP contribution >= 0.6 is 11.6 Å². The summed E-state index contributed by atoms with van der Waals surface area (Å²) in [7, 11) is -2.58. The van der Waals surface area contributed by atoms with Gasteiger partial charge in [-0.2, -0.15) is 0 Å². The second-order valence-electron chi connectivity index (χ2n) is 6.63. The number of nitrogens with zero attached hydrogens (tertiary/aromatic N) is 2. The van der Waals surface area contributed by atoms with Crippen LogP contribution in [0.2, 0.25) is 5.15 Å². The molecule has 2 aromatic heterocycles. The molecule has 33 heavy (non-hydrogen) atoms. The summed E-state index contributed by atoms with van der Waals surface area (Å²) in [5.74, 6) is 0.359. The fraction of sp³-hybridized carbons (Fsp3) is 0.0455. The Morgan fingerprint density at radius 1 is 0.970 bits per heavy atom. The highest BCUT2D eigenvalue weighted by molar-refractivity contribution is 7.92. The number of rotatable bonds is 7. The summed E-state index contributed by atoms with van der Waals surface area (Å²) in [6.45, 7) is 0. The van der Waals surface area contributed by atoms with Crippen LogP contribution in [0.15, 0.2) is 82.6 Å². The number of nitrogens with one attached hydrogen (secondary N) is 2. The predicted molar refractivity (Wildman–Crippen MR) is 123 cm³/mol. The number of para-hydroxylation sites is 2. The Morgan fingerprint density at radius 2 is 1.67 bits per heavy atom. The Balaban J connectivity index is 1.85. The van der Waals surface area contributed by atoms with Gasteiger partial charge in [0.05, 0.1) is 12.0 Å². The highest BCUT2D eigenvalue weighted by atomic mass is 35.5. The highest BCUT2D eigenvalue weighted by Crippen LogP contribution is 2.39. The van der Waals surface area contributed by atoms with E-state index in [0.29, 0.717) is 11.3 Å². The lowest BCUT2D eigenvalue weighted by Crippen LogP contribution is -2.15. The fourth-order valence-electron chi connectivity index (χ4n) is 2.89. The Hall–Kier alpha value is -3.89. The van der Waals surface area contributed by atoms with E-state index < -0.39 is 10.0 Å². The summed E-state index contributed by atoms with van der Waals surface area (Å²) in [6.07, 6.45) is 1.42. The van der Waals surface area contributed by atoms with Crippen molar-refractivity contribution < 1.29 is 17.9 Å². The molecule has 0 radical (unpaired) electrons. The molecule has 0 unspecified atom stereocenters. The van der Waals surface area contributed by atoms with Crippen LogP contribution < -0.4 is 19.8 Å². The van der Waals surface area contributed by atoms with Gasteiger partial charge in [0.15, 0.2) is 28.3 Å². The topological polar surface area (TPSA) is 123 Å². The van der Waals surface area contributed by atoms with E-state index >= 15 is 0 Å². The molecule has 0 bridgehead atoms. The van der Waals surface area contributed by atoms with Gasteiger partial charge in [0, 0.05) is 17.8 Å². The SMILES string of the molecule is COc1ccccc1Oc1c(Cl)nc(-c2cc[nH]c(=O)c2)nc1NS(=O)(=O)c1ccccc1. The van der Waals surface area contributed by atoms with Crippen LogP contribution in [0.1, 0.15) is 0 Å². The monoisotopic (exact) mass is 484 g/mol. The lowest BCUT2D eigenvalue weighted by molar-refractivity contribution is 0.378. The van der Waals surface area contributed by atoms with E-state index in [4.69, 9.17) is 21.1 Å². The van der Waals surface area contributed by atoms with Crippen LogP contribution in [0.25, 0.3) is 11.4 Å². The van der Waals surface area contributed by atoms with Crippen molar-refractivity contribution in [1.29, 1.82) is 0 Å². The van der Waals surface area contributed by atoms with E-state index in [1.54, 1.807) is 48.5 Å². The number of hydrogen-bond donors (Lipinski definition) is 2. The molecule has 0 fully saturated rings. The third-order valence-electron chi connectivity index (χ3n) is 4.42. The van der Waals surface area contributed by atoms with E-state index in [1.165, 1.54) is 31.5 Å². The van der Waals surface area contributed by atoms with Crippen molar-refractivity contribution in [3.05, 3.63) is 88.4 Å². The zero-order chi connectivity index (χ0) is 23.4. The largest absolute Gasteiger partial charge is 0.493 e. The summed E-state index contributed by atoms with van der Waals surface area (Å²) in [6, 6.07) is 17.3. The number of ether oxygens (including phenoxy) is 2. The van der Waals surface area contributed by atoms with Crippen molar-refractivity contribution in [3.8, 4) is 28.6 Å². The maximum absolute atomic E-state index is 13.0. The Kier molecular flexibility index (Phi) is 6.29. The summed E-state index contributed by atoms with van der Waals surface area (Å²) < 4.78 is 39.6. The van der Waals surface area contributed by atoms with Gasteiger partial charge in [-0.1, -0.05) is 41.9 Å². The molecule has 168 valence electrons. The number of hydrogen-bond acceptors (Lipinski definition) is 7. The predicted octanol–water partition coefficient (Wildman–Crippen LogP) is 4.09. The maximum atomic E-state index is 13.0. The van der Waals surface area contributed by atoms with Crippen molar-refractivity contribution in [2.24, 2.45) is 0 Å². The summed E-state index contributed by atoms with van der Waals surface area (Å²) in [5.41, 5.74) is -0.0439. The molecule has 0 aliphatic heterocycles. The fourth-order valence-corrected chi connectivity index (χ4v) is 4.13. The lowest BCUT2D eigenvalue weighted by atomic mass is 10.2. The smallest absolute Gasteiger partial charge is 0.263 e. The van der Waals surface area contributed by atoms with Gasteiger partial charge in [-0.3, -0.25) is 9.52 Å². The van der Waals surface area contributed by atoms with Crippen LogP contribution in [0.3, 0.4) is 0 Å². The van der Waals surface area contributed by atoms with Crippen LogP contribution in [0, 0.1) is 0 Å². The number of methoxy groups -OCH3 is 1. The normalized spacial score (nSPS) is 11.1. The molecule has 0 aliphatic carbocycles. The molecule has 11 heteroatoms. The molecule has 9 nitrogen and oxygen atoms in total. The minimum absolute atomic E-state index is 0.0145. The third kappa shape index (κ3) is 4.97. The number of benzene rings is 2. The van der Waals surface area contributed by atoms with Gasteiger partial charge >= 0.3 is 0 Å². The number of H-pyrrole nitrogens is 1. The standard InChI is InChI=1S/C22H17ClN4O5S/c1-31-16-9-5-6-10-17(16)32-19-20(23)25-21(14-11-12-24-18(28)13-14)26-22(19)27-33(29,30)15-7-3-2-4-8-15/h2-13H,1H3,(H,24,28)(H,25,26,27). The van der Waals surface area contributed by atoms with E-state index in [0.717, 1.165) is 0 Å². The van der Waals surface area contributed by atoms with Gasteiger partial charge in [0.25, 0.3) is 10.0 Å². The lowest BCUT2D eigenvalue weighted by Gasteiger charge is -2.16. The molecule has 4 aromatic rings. The molecule has 0 atom stereocenters. The second-order valence-corrected chi connectivity index (χ2v) is 8.67. The first-order valence-electron chi connectivity index (χ1n) is 9.53. The van der Waals surface area contributed by atoms with Crippen LogP contribution in [-0.4, -0.2) is 30.5 Å². The molecular formula is C22H17ClN4O5S. The van der Waals surface area contributed by atoms with Gasteiger partial charge in [0.1, 0.15) is 0 Å². The molecular weight excluding hydrogens is 468 g/mol. The van der Waals surface area contributed by atoms with Crippen LogP contribution in [-0.2, 0) is 10.0 Å². The molecule has 0 amide bonds. The van der Waals surface area contributed by atoms with Crippen LogP contribution in [0.5, 0.6) is 17.2 Å². The molecule has 4 rings (SSSR count). The minimum atomic E-state index is -4.05. The summed E-state index contributed by atoms with van der Waals surface area (Å²) in [4.78, 5) is 22.7. The average molecular weight is 485 g/mol. The molecule has 2 N–H and O–H groups in total. The van der Waals surface area contributed by atoms with Gasteiger partial charge in [0.2, 0.25) is 11.3 Å². The first-order chi connectivity index (χ1) is 15.9. The number of aromatic amines is 1. The van der Waals surface area contributed by atoms with Gasteiger partial charge in [-0.25, -0.2) is 18.4 Å². The third-order valence-corrected chi connectivity index (χ3v) is 6.03. The van der Waals surface area contributed by atoms with E-state index in [-0.39, 0.29) is 38.7 Å². The number of anilines is 1. The average Bonchev–Trinajstić information content (AvgIpc) is 2.81. The van der Waals surface area contributed by atoms with Gasteiger partial charge in [-0.15, -0.1) is 0 Å². The van der Waals surface area contributed by atoms with Crippen molar-refractivity contribution in [1.82, 2.24) is 15.0 Å². The number of pyridine rings is 1. The molecule has 0 saturated carbocycles. The number of halogens is 1. The Morgan fingerprint density at radius 3 is 2.36 bits per heavy atom. The van der Waals surface area contributed by atoms with Gasteiger partial charge < -0.3 is 14.5 Å². The molecule has 2 aromatic carbocycles. The zero-order valence-electron chi connectivity index (χ0n) is 17.2. The van der Waals surface area contributed by atoms with Crippen molar-refractivity contribution in [2.45, 2.75) is 4.90 Å². The first kappa shape index (κ1) is 22.3. The quantitative estimate of drug-likeness (QED) is 0.379. The minimum Gasteiger partial charge on any atom is -0.493 e. The molecule has 0 saturated heterocycles. The van der Waals surface area contributed by atoms with Crippen molar-refractivity contribution >= 4 is 27.4 Å². The molecule has 0 aliphatic rings. The van der Waals surface area contributed by atoms with Crippen LogP contribution in [0.4, 0.5) is 5.82 Å².